The van der Waals surface area contributed by atoms with Crippen LogP contribution in [-0.4, -0.2) is 45.8 Å². The highest BCUT2D eigenvalue weighted by molar-refractivity contribution is 6.45. The van der Waals surface area contributed by atoms with Crippen molar-refractivity contribution in [3.05, 3.63) is 104 Å². The first kappa shape index (κ1) is 26.4. The summed E-state index contributed by atoms with van der Waals surface area (Å²) in [5, 5.41) is 2.48. The number of esters is 1. The number of amides is 1. The Bertz CT molecular complexity index is 1840. The van der Waals surface area contributed by atoms with Crippen LogP contribution in [0.25, 0.3) is 11.0 Å². The Balaban J connectivity index is 1.59. The zero-order valence-corrected chi connectivity index (χ0v) is 21.8. The molecule has 0 saturated heterocycles. The van der Waals surface area contributed by atoms with Crippen molar-refractivity contribution in [3.63, 3.8) is 0 Å². The molecular weight excluding hydrogens is 514 g/mol. The summed E-state index contributed by atoms with van der Waals surface area (Å²) in [5.41, 5.74) is 0.962. The van der Waals surface area contributed by atoms with E-state index in [4.69, 9.17) is 4.74 Å². The van der Waals surface area contributed by atoms with Gasteiger partial charge in [-0.05, 0) is 44.5 Å². The molecule has 1 aromatic heterocycles. The number of benzene rings is 3. The van der Waals surface area contributed by atoms with Gasteiger partial charge in [0.1, 0.15) is 5.69 Å². The number of nitrogens with one attached hydrogen (secondary N) is 2. The average molecular weight is 538 g/mol. The van der Waals surface area contributed by atoms with Gasteiger partial charge in [0.2, 0.25) is 5.78 Å². The molecule has 1 atom stereocenters. The van der Waals surface area contributed by atoms with E-state index in [9.17, 15) is 28.8 Å². The van der Waals surface area contributed by atoms with Crippen molar-refractivity contribution in [3.8, 4) is 0 Å². The van der Waals surface area contributed by atoms with Crippen LogP contribution in [0.4, 0.5) is 5.69 Å². The molecule has 2 N–H and O–H groups in total. The molecule has 1 aliphatic rings. The van der Waals surface area contributed by atoms with Gasteiger partial charge < -0.3 is 15.0 Å². The van der Waals surface area contributed by atoms with Gasteiger partial charge in [-0.3, -0.25) is 28.8 Å². The Morgan fingerprint density at radius 3 is 2.30 bits per heavy atom. The molecular formula is C30H23N3O7. The number of nitrogens with zero attached hydrogens (tertiary/aromatic N) is 1. The zero-order valence-electron chi connectivity index (χ0n) is 21.8. The van der Waals surface area contributed by atoms with Crippen molar-refractivity contribution in [2.45, 2.75) is 26.7 Å². The summed E-state index contributed by atoms with van der Waals surface area (Å²) >= 11 is 0. The van der Waals surface area contributed by atoms with Gasteiger partial charge in [0.25, 0.3) is 11.5 Å². The van der Waals surface area contributed by atoms with Crippen LogP contribution in [0.1, 0.15) is 61.5 Å². The van der Waals surface area contributed by atoms with E-state index in [1.54, 1.807) is 37.3 Å². The fourth-order valence-electron chi connectivity index (χ4n) is 4.79. The first-order valence-corrected chi connectivity index (χ1v) is 12.5. The van der Waals surface area contributed by atoms with Crippen molar-refractivity contribution >= 4 is 45.9 Å². The highest BCUT2D eigenvalue weighted by Crippen LogP contribution is 2.31. The molecule has 10 heteroatoms. The number of ketones is 3. The lowest BCUT2D eigenvalue weighted by atomic mass is 9.83. The van der Waals surface area contributed by atoms with E-state index in [2.05, 4.69) is 15.3 Å². The van der Waals surface area contributed by atoms with Gasteiger partial charge in [-0.1, -0.05) is 42.0 Å². The third kappa shape index (κ3) is 4.39. The van der Waals surface area contributed by atoms with E-state index in [1.165, 1.54) is 25.1 Å². The number of hydrogen-bond acceptors (Lipinski definition) is 8. The summed E-state index contributed by atoms with van der Waals surface area (Å²) in [5.74, 6) is -6.33. The van der Waals surface area contributed by atoms with Crippen LogP contribution in [0.5, 0.6) is 0 Å². The van der Waals surface area contributed by atoms with E-state index < -0.39 is 40.6 Å². The molecule has 0 aliphatic heterocycles. The topological polar surface area (TPSA) is 152 Å². The molecule has 0 spiro atoms. The van der Waals surface area contributed by atoms with Crippen LogP contribution in [-0.2, 0) is 19.1 Å². The average Bonchev–Trinajstić information content (AvgIpc) is 2.93. The largest absolute Gasteiger partial charge is 0.465 e. The number of fused-ring (bicyclic) bond motifs is 4. The first-order chi connectivity index (χ1) is 19.1. The molecule has 200 valence electrons. The number of aromatic nitrogens is 2. The minimum absolute atomic E-state index is 0.0195. The molecule has 1 aliphatic carbocycles. The van der Waals surface area contributed by atoms with Gasteiger partial charge >= 0.3 is 5.97 Å². The zero-order chi connectivity index (χ0) is 28.7. The number of aromatic amines is 1. The van der Waals surface area contributed by atoms with Gasteiger partial charge in [0, 0.05) is 22.4 Å². The van der Waals surface area contributed by atoms with Crippen LogP contribution in [0.2, 0.25) is 0 Å². The second kappa shape index (κ2) is 10.1. The van der Waals surface area contributed by atoms with E-state index in [0.29, 0.717) is 11.3 Å². The smallest absolute Gasteiger partial charge is 0.323 e. The number of anilines is 1. The summed E-state index contributed by atoms with van der Waals surface area (Å²) in [6.07, 6.45) is 0. The van der Waals surface area contributed by atoms with Crippen LogP contribution < -0.4 is 10.9 Å². The number of ether oxygens (including phenoxy) is 1. The third-order valence-electron chi connectivity index (χ3n) is 6.70. The molecule has 40 heavy (non-hydrogen) atoms. The SMILES string of the molecule is CCOC(=O)[C@H](C(=O)C(=O)Nc1ccc(C)cc1C)c1nc2ccc3c(c2[nH]c1=O)C(=O)c1ccccc1C3=O. The Labute approximate surface area is 227 Å². The molecule has 1 heterocycles. The number of Topliss-reactive ketones (excluding diaryl/α,β-unsaturated/α-hetero) is 1. The quantitative estimate of drug-likeness (QED) is 0.190. The summed E-state index contributed by atoms with van der Waals surface area (Å²) in [7, 11) is 0. The normalized spacial score (nSPS) is 12.9. The van der Waals surface area contributed by atoms with Gasteiger partial charge in [-0.2, -0.15) is 0 Å². The summed E-state index contributed by atoms with van der Waals surface area (Å²) in [6, 6.07) is 14.3. The van der Waals surface area contributed by atoms with Crippen molar-refractivity contribution in [1.82, 2.24) is 9.97 Å². The maximum absolute atomic E-state index is 13.3. The lowest BCUT2D eigenvalue weighted by Gasteiger charge is -2.19. The second-order valence-electron chi connectivity index (χ2n) is 9.36. The highest BCUT2D eigenvalue weighted by atomic mass is 16.5. The van der Waals surface area contributed by atoms with Crippen molar-refractivity contribution in [2.75, 3.05) is 11.9 Å². The molecule has 3 aromatic carbocycles. The monoisotopic (exact) mass is 537 g/mol. The Morgan fingerprint density at radius 2 is 1.62 bits per heavy atom. The van der Waals surface area contributed by atoms with Crippen LogP contribution >= 0.6 is 0 Å². The van der Waals surface area contributed by atoms with Crippen molar-refractivity contribution in [1.29, 1.82) is 0 Å². The highest BCUT2D eigenvalue weighted by Gasteiger charge is 2.39. The van der Waals surface area contributed by atoms with E-state index in [-0.39, 0.29) is 45.7 Å². The molecule has 10 nitrogen and oxygen atoms in total. The molecule has 0 unspecified atom stereocenters. The molecule has 4 aromatic rings. The molecule has 0 fully saturated rings. The minimum Gasteiger partial charge on any atom is -0.465 e. The minimum atomic E-state index is -1.96. The van der Waals surface area contributed by atoms with Gasteiger partial charge in [0.05, 0.1) is 23.2 Å². The maximum atomic E-state index is 13.3. The Kier molecular flexibility index (Phi) is 6.68. The predicted molar refractivity (Wildman–Crippen MR) is 145 cm³/mol. The predicted octanol–water partition coefficient (Wildman–Crippen LogP) is 3.17. The molecule has 5 rings (SSSR count). The number of carbonyl (C=O) groups is 5. The number of hydrogen-bond donors (Lipinski definition) is 2. The van der Waals surface area contributed by atoms with Gasteiger partial charge in [-0.15, -0.1) is 0 Å². The number of carbonyl (C=O) groups excluding carboxylic acids is 5. The standard InChI is InChI=1S/C30H23N3O7/c1-4-40-30(39)22(27(36)29(38)32-19-11-9-14(2)13-15(19)3)24-28(37)33-23-20(31-24)12-10-18-21(23)26(35)17-8-6-5-7-16(17)25(18)34/h5-13,22H,4H2,1-3H3,(H,32,38)(H,33,37)/t22-/m0/s1. The molecule has 0 radical (unpaired) electrons. The molecule has 0 bridgehead atoms. The third-order valence-corrected chi connectivity index (χ3v) is 6.70. The number of H-pyrrole nitrogens is 1. The fraction of sp³-hybridized carbons (Fsp3) is 0.167. The van der Waals surface area contributed by atoms with Crippen molar-refractivity contribution in [2.24, 2.45) is 0 Å². The summed E-state index contributed by atoms with van der Waals surface area (Å²) in [4.78, 5) is 85.5. The van der Waals surface area contributed by atoms with Gasteiger partial charge in [-0.25, -0.2) is 4.98 Å². The van der Waals surface area contributed by atoms with E-state index in [1.807, 2.05) is 13.0 Å². The Hall–Kier alpha value is -5.25. The number of aryl methyl sites for hydroxylation is 2. The van der Waals surface area contributed by atoms with Crippen LogP contribution in [0, 0.1) is 13.8 Å². The summed E-state index contributed by atoms with van der Waals surface area (Å²) < 4.78 is 5.02. The van der Waals surface area contributed by atoms with Crippen molar-refractivity contribution < 1.29 is 28.7 Å². The second-order valence-corrected chi connectivity index (χ2v) is 9.36. The first-order valence-electron chi connectivity index (χ1n) is 12.5. The molecule has 0 saturated carbocycles. The summed E-state index contributed by atoms with van der Waals surface area (Å²) in [6.45, 7) is 5.02. The van der Waals surface area contributed by atoms with Crippen LogP contribution in [0.15, 0.2) is 59.4 Å². The number of rotatable bonds is 6. The lowest BCUT2D eigenvalue weighted by Crippen LogP contribution is -2.37. The molecule has 1 amide bonds. The lowest BCUT2D eigenvalue weighted by molar-refractivity contribution is -0.150. The fourth-order valence-corrected chi connectivity index (χ4v) is 4.79. The Morgan fingerprint density at radius 1 is 0.925 bits per heavy atom. The van der Waals surface area contributed by atoms with Gasteiger partial charge in [0.15, 0.2) is 17.5 Å². The van der Waals surface area contributed by atoms with Crippen LogP contribution in [0.3, 0.4) is 0 Å². The van der Waals surface area contributed by atoms with E-state index in [0.717, 1.165) is 5.56 Å². The maximum Gasteiger partial charge on any atom is 0.323 e. The van der Waals surface area contributed by atoms with E-state index >= 15 is 0 Å².